The van der Waals surface area contributed by atoms with E-state index < -0.39 is 11.6 Å². The van der Waals surface area contributed by atoms with E-state index in [1.54, 1.807) is 11.8 Å². The minimum atomic E-state index is -4.38. The summed E-state index contributed by atoms with van der Waals surface area (Å²) in [7, 11) is 0. The molecule has 1 N–H and O–H groups in total. The van der Waals surface area contributed by atoms with Gasteiger partial charge in [-0.1, -0.05) is 12.1 Å². The zero-order chi connectivity index (χ0) is 13.2. The highest BCUT2D eigenvalue weighted by molar-refractivity contribution is 7.98. The predicted octanol–water partition coefficient (Wildman–Crippen LogP) is 2.12. The molecule has 0 spiro atoms. The lowest BCUT2D eigenvalue weighted by Crippen LogP contribution is -2.44. The van der Waals surface area contributed by atoms with Crippen LogP contribution in [0.15, 0.2) is 4.52 Å². The van der Waals surface area contributed by atoms with Gasteiger partial charge >= 0.3 is 6.18 Å². The Morgan fingerprint density at radius 3 is 2.83 bits per heavy atom. The summed E-state index contributed by atoms with van der Waals surface area (Å²) in [5, 5.41) is 6.34. The maximum absolute atomic E-state index is 13.2. The van der Waals surface area contributed by atoms with Gasteiger partial charge in [-0.2, -0.15) is 29.9 Å². The third-order valence-corrected chi connectivity index (χ3v) is 3.88. The van der Waals surface area contributed by atoms with E-state index in [1.807, 2.05) is 6.92 Å². The second kappa shape index (κ2) is 5.08. The van der Waals surface area contributed by atoms with E-state index in [2.05, 4.69) is 15.5 Å². The van der Waals surface area contributed by atoms with Crippen LogP contribution in [0.3, 0.4) is 0 Å². The van der Waals surface area contributed by atoms with Gasteiger partial charge in [0.05, 0.1) is 5.75 Å². The molecule has 0 bridgehead atoms. The number of nitrogens with one attached hydrogen (secondary N) is 1. The summed E-state index contributed by atoms with van der Waals surface area (Å²) >= 11 is 1.54. The molecule has 1 atom stereocenters. The fraction of sp³-hybridized carbons (Fsp3) is 0.800. The SMILES string of the molecule is CCSCc1noc(C2(C(F)(F)F)CCNC2)n1. The van der Waals surface area contributed by atoms with Crippen LogP contribution in [0.25, 0.3) is 0 Å². The number of halogens is 3. The quantitative estimate of drug-likeness (QED) is 0.916. The highest BCUT2D eigenvalue weighted by Crippen LogP contribution is 2.44. The zero-order valence-electron chi connectivity index (χ0n) is 9.88. The number of hydrogen-bond donors (Lipinski definition) is 1. The van der Waals surface area contributed by atoms with Gasteiger partial charge in [0.15, 0.2) is 11.2 Å². The minimum Gasteiger partial charge on any atom is -0.338 e. The lowest BCUT2D eigenvalue weighted by atomic mass is 9.86. The number of nitrogens with zero attached hydrogens (tertiary/aromatic N) is 2. The van der Waals surface area contributed by atoms with E-state index in [-0.39, 0.29) is 18.9 Å². The van der Waals surface area contributed by atoms with Crippen molar-refractivity contribution in [2.24, 2.45) is 0 Å². The molecule has 4 nitrogen and oxygen atoms in total. The molecular formula is C10H14F3N3OS. The van der Waals surface area contributed by atoms with Crippen molar-refractivity contribution >= 4 is 11.8 Å². The van der Waals surface area contributed by atoms with Crippen LogP contribution in [-0.4, -0.2) is 35.2 Å². The summed E-state index contributed by atoms with van der Waals surface area (Å²) < 4.78 is 44.4. The minimum absolute atomic E-state index is 0.0565. The summed E-state index contributed by atoms with van der Waals surface area (Å²) in [5.74, 6) is 1.34. The topological polar surface area (TPSA) is 51.0 Å². The van der Waals surface area contributed by atoms with Crippen LogP contribution in [0, 0.1) is 0 Å². The number of thioether (sulfide) groups is 1. The molecule has 18 heavy (non-hydrogen) atoms. The zero-order valence-corrected chi connectivity index (χ0v) is 10.7. The molecule has 0 aromatic carbocycles. The Kier molecular flexibility index (Phi) is 3.86. The van der Waals surface area contributed by atoms with Crippen LogP contribution in [0.4, 0.5) is 13.2 Å². The van der Waals surface area contributed by atoms with Gasteiger partial charge in [0.2, 0.25) is 5.89 Å². The van der Waals surface area contributed by atoms with Crippen molar-refractivity contribution in [3.63, 3.8) is 0 Å². The molecule has 2 rings (SSSR count). The maximum Gasteiger partial charge on any atom is 0.404 e. The van der Waals surface area contributed by atoms with Crippen LogP contribution in [0.5, 0.6) is 0 Å². The standard InChI is InChI=1S/C10H14F3N3OS/c1-2-18-5-7-15-8(17-16-7)9(10(11,12)13)3-4-14-6-9/h14H,2-6H2,1H3. The lowest BCUT2D eigenvalue weighted by molar-refractivity contribution is -0.191. The molecule has 1 aromatic rings. The van der Waals surface area contributed by atoms with Gasteiger partial charge in [-0.15, -0.1) is 0 Å². The van der Waals surface area contributed by atoms with Gasteiger partial charge in [0.1, 0.15) is 0 Å². The molecule has 0 aliphatic carbocycles. The van der Waals surface area contributed by atoms with E-state index in [0.717, 1.165) is 5.75 Å². The third kappa shape index (κ3) is 2.35. The first-order valence-corrected chi connectivity index (χ1v) is 6.83. The summed E-state index contributed by atoms with van der Waals surface area (Å²) in [6, 6.07) is 0. The summed E-state index contributed by atoms with van der Waals surface area (Å²) in [6.45, 7) is 2.07. The fourth-order valence-corrected chi connectivity index (χ4v) is 2.44. The first kappa shape index (κ1) is 13.7. The summed E-state index contributed by atoms with van der Waals surface area (Å²) in [5.41, 5.74) is -2.02. The third-order valence-electron chi connectivity index (χ3n) is 3.01. The van der Waals surface area contributed by atoms with Crippen LogP contribution in [-0.2, 0) is 11.2 Å². The Morgan fingerprint density at radius 1 is 1.50 bits per heavy atom. The molecule has 0 radical (unpaired) electrons. The normalized spacial score (nSPS) is 24.7. The van der Waals surface area contributed by atoms with Gasteiger partial charge in [-0.3, -0.25) is 0 Å². The molecule has 102 valence electrons. The van der Waals surface area contributed by atoms with Gasteiger partial charge in [0, 0.05) is 6.54 Å². The van der Waals surface area contributed by atoms with E-state index in [0.29, 0.717) is 18.1 Å². The van der Waals surface area contributed by atoms with Crippen LogP contribution >= 0.6 is 11.8 Å². The fourth-order valence-electron chi connectivity index (χ4n) is 1.94. The number of rotatable bonds is 4. The smallest absolute Gasteiger partial charge is 0.338 e. The summed E-state index contributed by atoms with van der Waals surface area (Å²) in [4.78, 5) is 3.91. The van der Waals surface area contributed by atoms with E-state index in [1.165, 1.54) is 0 Å². The average Bonchev–Trinajstić information content (AvgIpc) is 2.94. The first-order valence-electron chi connectivity index (χ1n) is 5.68. The molecule has 1 aliphatic heterocycles. The average molecular weight is 281 g/mol. The van der Waals surface area contributed by atoms with Crippen LogP contribution < -0.4 is 5.32 Å². The molecule has 0 saturated carbocycles. The second-order valence-corrected chi connectivity index (χ2v) is 5.43. The van der Waals surface area contributed by atoms with Crippen molar-refractivity contribution in [1.82, 2.24) is 15.5 Å². The monoisotopic (exact) mass is 281 g/mol. The Balaban J connectivity index is 2.24. The van der Waals surface area contributed by atoms with Crippen molar-refractivity contribution in [1.29, 1.82) is 0 Å². The van der Waals surface area contributed by atoms with Crippen LogP contribution in [0.1, 0.15) is 25.1 Å². The van der Waals surface area contributed by atoms with Crippen molar-refractivity contribution in [2.45, 2.75) is 30.7 Å². The number of hydrogen-bond acceptors (Lipinski definition) is 5. The van der Waals surface area contributed by atoms with Gasteiger partial charge in [-0.25, -0.2) is 0 Å². The van der Waals surface area contributed by atoms with Gasteiger partial charge in [0.25, 0.3) is 0 Å². The van der Waals surface area contributed by atoms with E-state index >= 15 is 0 Å². The second-order valence-electron chi connectivity index (χ2n) is 4.16. The van der Waals surface area contributed by atoms with Crippen molar-refractivity contribution in [3.05, 3.63) is 11.7 Å². The largest absolute Gasteiger partial charge is 0.404 e. The molecule has 1 saturated heterocycles. The van der Waals surface area contributed by atoms with Gasteiger partial charge < -0.3 is 9.84 Å². The molecule has 8 heteroatoms. The highest BCUT2D eigenvalue weighted by atomic mass is 32.2. The molecule has 1 aromatic heterocycles. The van der Waals surface area contributed by atoms with Crippen molar-refractivity contribution < 1.29 is 17.7 Å². The Labute approximate surface area is 107 Å². The first-order chi connectivity index (χ1) is 8.49. The molecule has 1 fully saturated rings. The molecular weight excluding hydrogens is 267 g/mol. The number of alkyl halides is 3. The highest BCUT2D eigenvalue weighted by Gasteiger charge is 2.61. The molecule has 2 heterocycles. The van der Waals surface area contributed by atoms with Crippen LogP contribution in [0.2, 0.25) is 0 Å². The Hall–Kier alpha value is -0.760. The van der Waals surface area contributed by atoms with Crippen molar-refractivity contribution in [2.75, 3.05) is 18.8 Å². The Bertz CT molecular complexity index is 401. The van der Waals surface area contributed by atoms with Crippen molar-refractivity contribution in [3.8, 4) is 0 Å². The molecule has 1 unspecified atom stereocenters. The lowest BCUT2D eigenvalue weighted by Gasteiger charge is -2.26. The molecule has 1 aliphatic rings. The van der Waals surface area contributed by atoms with Gasteiger partial charge in [-0.05, 0) is 18.7 Å². The molecule has 0 amide bonds. The predicted molar refractivity (Wildman–Crippen MR) is 61.4 cm³/mol. The Morgan fingerprint density at radius 2 is 2.28 bits per heavy atom. The maximum atomic E-state index is 13.2. The number of aromatic nitrogens is 2. The van der Waals surface area contributed by atoms with E-state index in [4.69, 9.17) is 4.52 Å². The van der Waals surface area contributed by atoms with E-state index in [9.17, 15) is 13.2 Å². The summed E-state index contributed by atoms with van der Waals surface area (Å²) in [6.07, 6.45) is -4.43.